The Morgan fingerprint density at radius 3 is 2.37 bits per heavy atom. The van der Waals surface area contributed by atoms with Gasteiger partial charge in [0, 0.05) is 6.04 Å². The molecule has 0 bridgehead atoms. The highest BCUT2D eigenvalue weighted by atomic mass is 14.9. The topological polar surface area (TPSA) is 12.0 Å². The van der Waals surface area contributed by atoms with Crippen molar-refractivity contribution < 1.29 is 0 Å². The van der Waals surface area contributed by atoms with Gasteiger partial charge in [0.25, 0.3) is 0 Å². The van der Waals surface area contributed by atoms with Crippen LogP contribution in [0.3, 0.4) is 0 Å². The Kier molecular flexibility index (Phi) is 6.43. The van der Waals surface area contributed by atoms with Gasteiger partial charge in [-0.2, -0.15) is 0 Å². The summed E-state index contributed by atoms with van der Waals surface area (Å²) in [5.41, 5.74) is 1.48. The van der Waals surface area contributed by atoms with Gasteiger partial charge in [0.1, 0.15) is 0 Å². The monoisotopic (exact) mass is 259 g/mol. The molecule has 2 rings (SSSR count). The third-order valence-corrected chi connectivity index (χ3v) is 4.15. The van der Waals surface area contributed by atoms with Crippen molar-refractivity contribution in [2.75, 3.05) is 6.54 Å². The molecule has 1 heteroatoms. The molecule has 1 nitrogen and oxygen atoms in total. The van der Waals surface area contributed by atoms with Crippen LogP contribution in [0, 0.1) is 5.92 Å². The van der Waals surface area contributed by atoms with Crippen molar-refractivity contribution in [3.05, 3.63) is 35.9 Å². The van der Waals surface area contributed by atoms with Crippen molar-refractivity contribution in [3.8, 4) is 0 Å². The Hall–Kier alpha value is -0.820. The number of rotatable bonds is 10. The first kappa shape index (κ1) is 14.6. The van der Waals surface area contributed by atoms with Crippen LogP contribution in [-0.4, -0.2) is 6.54 Å². The standard InChI is InChI=1S/C18H29N/c1-2-3-4-5-6-10-15-19-18(17-13-14-17)16-11-8-7-9-12-16/h7-9,11-12,17-19H,2-6,10,13-15H2,1H3. The highest BCUT2D eigenvalue weighted by Gasteiger charge is 2.31. The largest absolute Gasteiger partial charge is 0.310 e. The van der Waals surface area contributed by atoms with Crippen molar-refractivity contribution in [1.29, 1.82) is 0 Å². The fourth-order valence-corrected chi connectivity index (χ4v) is 2.81. The average Bonchev–Trinajstić information content (AvgIpc) is 3.27. The third-order valence-electron chi connectivity index (χ3n) is 4.15. The summed E-state index contributed by atoms with van der Waals surface area (Å²) in [6, 6.07) is 11.6. The third kappa shape index (κ3) is 5.36. The smallest absolute Gasteiger partial charge is 0.0348 e. The molecule has 1 N–H and O–H groups in total. The summed E-state index contributed by atoms with van der Waals surface area (Å²) < 4.78 is 0. The van der Waals surface area contributed by atoms with Gasteiger partial charge in [-0.15, -0.1) is 0 Å². The van der Waals surface area contributed by atoms with Gasteiger partial charge in [-0.1, -0.05) is 69.4 Å². The van der Waals surface area contributed by atoms with Crippen LogP contribution in [0.15, 0.2) is 30.3 Å². The van der Waals surface area contributed by atoms with Crippen molar-refractivity contribution >= 4 is 0 Å². The van der Waals surface area contributed by atoms with E-state index in [1.54, 1.807) is 0 Å². The molecule has 0 heterocycles. The number of benzene rings is 1. The van der Waals surface area contributed by atoms with E-state index in [1.807, 2.05) is 0 Å². The molecule has 1 saturated carbocycles. The maximum Gasteiger partial charge on any atom is 0.0348 e. The Labute approximate surface area is 118 Å². The lowest BCUT2D eigenvalue weighted by Gasteiger charge is -2.18. The molecule has 1 aliphatic rings. The van der Waals surface area contributed by atoms with E-state index in [2.05, 4.69) is 42.6 Å². The van der Waals surface area contributed by atoms with E-state index in [-0.39, 0.29) is 0 Å². The van der Waals surface area contributed by atoms with E-state index in [1.165, 1.54) is 63.5 Å². The first-order chi connectivity index (χ1) is 9.42. The summed E-state index contributed by atoms with van der Waals surface area (Å²) in [6.45, 7) is 3.46. The van der Waals surface area contributed by atoms with Crippen LogP contribution in [0.1, 0.15) is 69.9 Å². The molecule has 106 valence electrons. The maximum absolute atomic E-state index is 3.79. The first-order valence-corrected chi connectivity index (χ1v) is 8.20. The fourth-order valence-electron chi connectivity index (χ4n) is 2.81. The second-order valence-electron chi connectivity index (χ2n) is 5.95. The Balaban J connectivity index is 1.65. The fraction of sp³-hybridized carbons (Fsp3) is 0.667. The first-order valence-electron chi connectivity index (χ1n) is 8.20. The van der Waals surface area contributed by atoms with Crippen molar-refractivity contribution in [2.24, 2.45) is 5.92 Å². The lowest BCUT2D eigenvalue weighted by atomic mass is 10.0. The summed E-state index contributed by atoms with van der Waals surface area (Å²) in [5.74, 6) is 0.891. The summed E-state index contributed by atoms with van der Waals surface area (Å²) in [7, 11) is 0. The van der Waals surface area contributed by atoms with Crippen LogP contribution < -0.4 is 5.32 Å². The highest BCUT2D eigenvalue weighted by Crippen LogP contribution is 2.40. The van der Waals surface area contributed by atoms with Gasteiger partial charge in [-0.25, -0.2) is 0 Å². The molecule has 0 saturated heterocycles. The minimum atomic E-state index is 0.608. The quantitative estimate of drug-likeness (QED) is 0.577. The van der Waals surface area contributed by atoms with Gasteiger partial charge in [0.05, 0.1) is 0 Å². The van der Waals surface area contributed by atoms with Crippen LogP contribution in [0.5, 0.6) is 0 Å². The molecule has 1 fully saturated rings. The molecule has 1 aromatic carbocycles. The van der Waals surface area contributed by atoms with E-state index < -0.39 is 0 Å². The molecule has 0 aliphatic heterocycles. The summed E-state index contributed by atoms with van der Waals surface area (Å²) >= 11 is 0. The number of nitrogens with one attached hydrogen (secondary N) is 1. The predicted octanol–water partition coefficient (Wildman–Crippen LogP) is 5.09. The molecule has 0 aromatic heterocycles. The molecule has 0 spiro atoms. The maximum atomic E-state index is 3.79. The average molecular weight is 259 g/mol. The van der Waals surface area contributed by atoms with Crippen LogP contribution in [-0.2, 0) is 0 Å². The summed E-state index contributed by atoms with van der Waals surface area (Å²) in [5, 5.41) is 3.79. The minimum absolute atomic E-state index is 0.608. The van der Waals surface area contributed by atoms with Gasteiger partial charge in [-0.05, 0) is 37.3 Å². The van der Waals surface area contributed by atoms with Crippen molar-refractivity contribution in [3.63, 3.8) is 0 Å². The van der Waals surface area contributed by atoms with Crippen molar-refractivity contribution in [2.45, 2.75) is 64.3 Å². The zero-order chi connectivity index (χ0) is 13.3. The van der Waals surface area contributed by atoms with Gasteiger partial charge < -0.3 is 5.32 Å². The van der Waals surface area contributed by atoms with E-state index >= 15 is 0 Å². The Bertz CT molecular complexity index is 329. The number of unbranched alkanes of at least 4 members (excludes halogenated alkanes) is 5. The zero-order valence-electron chi connectivity index (χ0n) is 12.4. The van der Waals surface area contributed by atoms with Crippen molar-refractivity contribution in [1.82, 2.24) is 5.32 Å². The van der Waals surface area contributed by atoms with Crippen LogP contribution in [0.2, 0.25) is 0 Å². The Morgan fingerprint density at radius 1 is 1.00 bits per heavy atom. The minimum Gasteiger partial charge on any atom is -0.310 e. The second-order valence-corrected chi connectivity index (χ2v) is 5.95. The lowest BCUT2D eigenvalue weighted by Crippen LogP contribution is -2.24. The molecular formula is C18H29N. The van der Waals surface area contributed by atoms with Crippen LogP contribution in [0.25, 0.3) is 0 Å². The molecule has 1 atom stereocenters. The van der Waals surface area contributed by atoms with Crippen LogP contribution >= 0.6 is 0 Å². The van der Waals surface area contributed by atoms with E-state index in [0.717, 1.165) is 5.92 Å². The molecule has 1 aromatic rings. The van der Waals surface area contributed by atoms with E-state index in [9.17, 15) is 0 Å². The second kappa shape index (κ2) is 8.37. The van der Waals surface area contributed by atoms with Gasteiger partial charge >= 0.3 is 0 Å². The SMILES string of the molecule is CCCCCCCCNC(c1ccccc1)C1CC1. The van der Waals surface area contributed by atoms with Gasteiger partial charge in [0.2, 0.25) is 0 Å². The van der Waals surface area contributed by atoms with Gasteiger partial charge in [0.15, 0.2) is 0 Å². The zero-order valence-corrected chi connectivity index (χ0v) is 12.4. The lowest BCUT2D eigenvalue weighted by molar-refractivity contribution is 0.464. The number of hydrogen-bond donors (Lipinski definition) is 1. The highest BCUT2D eigenvalue weighted by molar-refractivity contribution is 5.21. The van der Waals surface area contributed by atoms with Crippen LogP contribution in [0.4, 0.5) is 0 Å². The molecule has 0 amide bonds. The van der Waals surface area contributed by atoms with E-state index in [0.29, 0.717) is 6.04 Å². The van der Waals surface area contributed by atoms with Gasteiger partial charge in [-0.3, -0.25) is 0 Å². The molecule has 19 heavy (non-hydrogen) atoms. The normalized spacial score (nSPS) is 16.5. The molecule has 0 radical (unpaired) electrons. The summed E-state index contributed by atoms with van der Waals surface area (Å²) in [6.07, 6.45) is 11.1. The molecule has 1 aliphatic carbocycles. The molecule has 1 unspecified atom stereocenters. The Morgan fingerprint density at radius 2 is 1.68 bits per heavy atom. The number of hydrogen-bond acceptors (Lipinski definition) is 1. The van der Waals surface area contributed by atoms with E-state index in [4.69, 9.17) is 0 Å². The predicted molar refractivity (Wildman–Crippen MR) is 83.3 cm³/mol. The summed E-state index contributed by atoms with van der Waals surface area (Å²) in [4.78, 5) is 0. The molecular weight excluding hydrogens is 230 g/mol.